The Hall–Kier alpha value is -0.300. The van der Waals surface area contributed by atoms with Gasteiger partial charge in [0.05, 0.1) is 16.3 Å². The van der Waals surface area contributed by atoms with Crippen molar-refractivity contribution >= 4 is 22.9 Å². The summed E-state index contributed by atoms with van der Waals surface area (Å²) in [4.78, 5) is 0.772. The summed E-state index contributed by atoms with van der Waals surface area (Å²) in [5.41, 5.74) is 2.56. The van der Waals surface area contributed by atoms with E-state index < -0.39 is 24.1 Å². The predicted octanol–water partition coefficient (Wildman–Crippen LogP) is 4.27. The highest BCUT2D eigenvalue weighted by Gasteiger charge is 2.48. The van der Waals surface area contributed by atoms with Gasteiger partial charge in [0, 0.05) is 4.88 Å². The molecule has 1 fully saturated rings. The van der Waals surface area contributed by atoms with Gasteiger partial charge in [0.2, 0.25) is 0 Å². The second-order valence-electron chi connectivity index (χ2n) is 4.88. The molecule has 0 aromatic carbocycles. The third-order valence-electron chi connectivity index (χ3n) is 3.75. The lowest BCUT2D eigenvalue weighted by atomic mass is 9.74. The Bertz CT molecular complexity index is 421. The predicted molar refractivity (Wildman–Crippen MR) is 70.9 cm³/mol. The zero-order chi connectivity index (χ0) is 14.0. The molecule has 0 spiro atoms. The van der Waals surface area contributed by atoms with Crippen LogP contribution in [0.15, 0.2) is 12.1 Å². The molecule has 1 aliphatic rings. The van der Waals surface area contributed by atoms with Crippen molar-refractivity contribution in [3.8, 4) is 0 Å². The van der Waals surface area contributed by atoms with E-state index in [9.17, 15) is 13.2 Å². The number of nitrogens with two attached hydrogens (primary N) is 1. The number of nitrogens with one attached hydrogen (secondary N) is 1. The van der Waals surface area contributed by atoms with Gasteiger partial charge in [-0.05, 0) is 30.9 Å². The maximum atomic E-state index is 13.1. The fraction of sp³-hybridized carbons (Fsp3) is 0.667. The van der Waals surface area contributed by atoms with Gasteiger partial charge in [-0.1, -0.05) is 24.4 Å². The molecule has 1 saturated carbocycles. The molecular formula is C12H16ClF3N2S. The zero-order valence-electron chi connectivity index (χ0n) is 10.2. The molecule has 3 unspecified atom stereocenters. The molecule has 0 aliphatic heterocycles. The fourth-order valence-corrected chi connectivity index (χ4v) is 4.07. The molecule has 1 aliphatic carbocycles. The topological polar surface area (TPSA) is 38.0 Å². The van der Waals surface area contributed by atoms with Crippen LogP contribution >= 0.6 is 22.9 Å². The van der Waals surface area contributed by atoms with Gasteiger partial charge >= 0.3 is 6.18 Å². The van der Waals surface area contributed by atoms with Crippen LogP contribution in [0.1, 0.15) is 36.6 Å². The van der Waals surface area contributed by atoms with Gasteiger partial charge in [0.15, 0.2) is 0 Å². The van der Waals surface area contributed by atoms with Crippen LogP contribution in [0.5, 0.6) is 0 Å². The standard InChI is InChI=1S/C12H16ClF3N2S/c13-10-6-5-9(19-10)11(18-17)7-3-1-2-4-8(7)12(14,15)16/h5-8,11,18H,1-4,17H2. The highest BCUT2D eigenvalue weighted by atomic mass is 35.5. The summed E-state index contributed by atoms with van der Waals surface area (Å²) >= 11 is 7.14. The molecule has 0 amide bonds. The summed E-state index contributed by atoms with van der Waals surface area (Å²) in [5.74, 6) is 3.69. The summed E-state index contributed by atoms with van der Waals surface area (Å²) in [6.45, 7) is 0. The molecule has 3 N–H and O–H groups in total. The normalized spacial score (nSPS) is 26.4. The van der Waals surface area contributed by atoms with Crippen LogP contribution in [0.3, 0.4) is 0 Å². The van der Waals surface area contributed by atoms with E-state index in [2.05, 4.69) is 5.43 Å². The molecule has 1 aromatic heterocycles. The van der Waals surface area contributed by atoms with Crippen LogP contribution in [-0.4, -0.2) is 6.18 Å². The van der Waals surface area contributed by atoms with E-state index in [0.717, 1.165) is 11.3 Å². The SMILES string of the molecule is NNC(c1ccc(Cl)s1)C1CCCCC1C(F)(F)F. The summed E-state index contributed by atoms with van der Waals surface area (Å²) in [7, 11) is 0. The van der Waals surface area contributed by atoms with Crippen molar-refractivity contribution in [2.24, 2.45) is 17.7 Å². The lowest BCUT2D eigenvalue weighted by Crippen LogP contribution is -2.42. The first-order chi connectivity index (χ1) is 8.93. The van der Waals surface area contributed by atoms with Gasteiger partial charge in [0.1, 0.15) is 0 Å². The van der Waals surface area contributed by atoms with Crippen LogP contribution < -0.4 is 11.3 Å². The minimum atomic E-state index is -4.17. The van der Waals surface area contributed by atoms with E-state index in [1.807, 2.05) is 0 Å². The van der Waals surface area contributed by atoms with Gasteiger partial charge < -0.3 is 0 Å². The quantitative estimate of drug-likeness (QED) is 0.646. The molecule has 108 valence electrons. The monoisotopic (exact) mass is 312 g/mol. The first kappa shape index (κ1) is 15.1. The van der Waals surface area contributed by atoms with E-state index in [1.165, 1.54) is 11.3 Å². The van der Waals surface area contributed by atoms with E-state index in [4.69, 9.17) is 17.4 Å². The van der Waals surface area contributed by atoms with Crippen molar-refractivity contribution in [3.63, 3.8) is 0 Å². The largest absolute Gasteiger partial charge is 0.392 e. The van der Waals surface area contributed by atoms with Crippen LogP contribution in [0.25, 0.3) is 0 Å². The van der Waals surface area contributed by atoms with Gasteiger partial charge in [-0.2, -0.15) is 13.2 Å². The molecule has 2 nitrogen and oxygen atoms in total. The number of hydrogen-bond donors (Lipinski definition) is 2. The minimum Gasteiger partial charge on any atom is -0.271 e. The summed E-state index contributed by atoms with van der Waals surface area (Å²) < 4.78 is 39.9. The summed E-state index contributed by atoms with van der Waals surface area (Å²) in [6.07, 6.45) is -2.00. The van der Waals surface area contributed by atoms with E-state index in [-0.39, 0.29) is 6.42 Å². The van der Waals surface area contributed by atoms with Gasteiger partial charge in [0.25, 0.3) is 0 Å². The molecule has 0 saturated heterocycles. The Balaban J connectivity index is 2.24. The summed E-state index contributed by atoms with van der Waals surface area (Å²) in [5, 5.41) is 0. The van der Waals surface area contributed by atoms with Gasteiger partial charge in [-0.3, -0.25) is 11.3 Å². The van der Waals surface area contributed by atoms with Crippen molar-refractivity contribution in [2.45, 2.75) is 37.9 Å². The molecule has 0 radical (unpaired) electrons. The molecule has 1 aromatic rings. The Morgan fingerprint density at radius 2 is 2.00 bits per heavy atom. The van der Waals surface area contributed by atoms with Crippen LogP contribution in [0, 0.1) is 11.8 Å². The second-order valence-corrected chi connectivity index (χ2v) is 6.63. The first-order valence-electron chi connectivity index (χ1n) is 6.21. The molecule has 2 rings (SSSR count). The van der Waals surface area contributed by atoms with E-state index >= 15 is 0 Å². The van der Waals surface area contributed by atoms with Gasteiger partial charge in [-0.25, -0.2) is 0 Å². The highest BCUT2D eigenvalue weighted by Crippen LogP contribution is 2.47. The number of halogens is 4. The number of hydrogen-bond acceptors (Lipinski definition) is 3. The third kappa shape index (κ3) is 3.42. The maximum absolute atomic E-state index is 13.1. The molecule has 3 atom stereocenters. The summed E-state index contributed by atoms with van der Waals surface area (Å²) in [6, 6.07) is 2.96. The van der Waals surface area contributed by atoms with Crippen LogP contribution in [0.2, 0.25) is 4.34 Å². The third-order valence-corrected chi connectivity index (χ3v) is 5.06. The van der Waals surface area contributed by atoms with Crippen molar-refractivity contribution in [1.29, 1.82) is 0 Å². The van der Waals surface area contributed by atoms with Crippen LogP contribution in [-0.2, 0) is 0 Å². The minimum absolute atomic E-state index is 0.186. The number of thiophene rings is 1. The Morgan fingerprint density at radius 3 is 2.53 bits per heavy atom. The average molecular weight is 313 g/mol. The number of hydrazine groups is 1. The lowest BCUT2D eigenvalue weighted by molar-refractivity contribution is -0.199. The van der Waals surface area contributed by atoms with Crippen molar-refractivity contribution < 1.29 is 13.2 Å². The molecule has 7 heteroatoms. The first-order valence-corrected chi connectivity index (χ1v) is 7.41. The second kappa shape index (κ2) is 5.99. The highest BCUT2D eigenvalue weighted by molar-refractivity contribution is 7.16. The molecule has 0 bridgehead atoms. The van der Waals surface area contributed by atoms with E-state index in [0.29, 0.717) is 17.2 Å². The smallest absolute Gasteiger partial charge is 0.271 e. The number of rotatable bonds is 3. The average Bonchev–Trinajstić information content (AvgIpc) is 2.76. The van der Waals surface area contributed by atoms with Crippen LogP contribution in [0.4, 0.5) is 13.2 Å². The molecular weight excluding hydrogens is 297 g/mol. The number of alkyl halides is 3. The fourth-order valence-electron chi connectivity index (χ4n) is 2.88. The Kier molecular flexibility index (Phi) is 4.76. The molecule has 19 heavy (non-hydrogen) atoms. The molecule has 1 heterocycles. The maximum Gasteiger partial charge on any atom is 0.392 e. The lowest BCUT2D eigenvalue weighted by Gasteiger charge is -2.37. The zero-order valence-corrected chi connectivity index (χ0v) is 11.8. The van der Waals surface area contributed by atoms with E-state index in [1.54, 1.807) is 12.1 Å². The Labute approximate surface area is 119 Å². The van der Waals surface area contributed by atoms with Crippen molar-refractivity contribution in [3.05, 3.63) is 21.3 Å². The van der Waals surface area contributed by atoms with Crippen molar-refractivity contribution in [1.82, 2.24) is 5.43 Å². The van der Waals surface area contributed by atoms with Gasteiger partial charge in [-0.15, -0.1) is 11.3 Å². The Morgan fingerprint density at radius 1 is 1.32 bits per heavy atom. The van der Waals surface area contributed by atoms with Crippen molar-refractivity contribution in [2.75, 3.05) is 0 Å².